The fourth-order valence-electron chi connectivity index (χ4n) is 2.13. The third kappa shape index (κ3) is 2.33. The number of thioether (sulfide) groups is 1. The van der Waals surface area contributed by atoms with Crippen LogP contribution in [0.1, 0.15) is 0 Å². The fraction of sp³-hybridized carbons (Fsp3) is 0.0714. The van der Waals surface area contributed by atoms with Gasteiger partial charge in [-0.05, 0) is 34.7 Å². The molecule has 0 saturated carbocycles. The van der Waals surface area contributed by atoms with Gasteiger partial charge >= 0.3 is 0 Å². The monoisotopic (exact) mass is 309 g/mol. The molecule has 0 radical (unpaired) electrons. The van der Waals surface area contributed by atoms with Gasteiger partial charge in [-0.25, -0.2) is 4.68 Å². The Morgan fingerprint density at radius 2 is 1.68 bits per heavy atom. The highest BCUT2D eigenvalue weighted by atomic mass is 32.2. The van der Waals surface area contributed by atoms with E-state index in [1.165, 1.54) is 11.8 Å². The van der Waals surface area contributed by atoms with Crippen LogP contribution in [-0.4, -0.2) is 35.2 Å². The molecule has 0 aliphatic rings. The maximum Gasteiger partial charge on any atom is 0.215 e. The predicted octanol–water partition coefficient (Wildman–Crippen LogP) is 2.16. The number of tetrazole rings is 1. The molecule has 22 heavy (non-hydrogen) atoms. The second-order valence-electron chi connectivity index (χ2n) is 4.56. The largest absolute Gasteiger partial charge is 0.234 e. The highest BCUT2D eigenvalue weighted by Gasteiger charge is 2.10. The molecule has 7 nitrogen and oxygen atoms in total. The van der Waals surface area contributed by atoms with Gasteiger partial charge in [0.1, 0.15) is 5.52 Å². The minimum absolute atomic E-state index is 0.591. The van der Waals surface area contributed by atoms with Crippen LogP contribution in [0, 0.1) is 0 Å². The Bertz CT molecular complexity index is 900. The van der Waals surface area contributed by atoms with Crippen molar-refractivity contribution in [1.82, 2.24) is 35.2 Å². The summed E-state index contributed by atoms with van der Waals surface area (Å²) in [4.78, 5) is 0. The molecule has 0 unspecified atom stereocenters. The van der Waals surface area contributed by atoms with Crippen molar-refractivity contribution in [2.45, 2.75) is 11.0 Å². The summed E-state index contributed by atoms with van der Waals surface area (Å²) in [6.07, 6.45) is 0. The summed E-state index contributed by atoms with van der Waals surface area (Å²) in [7, 11) is 0. The molecule has 108 valence electrons. The van der Waals surface area contributed by atoms with E-state index < -0.39 is 0 Å². The van der Waals surface area contributed by atoms with Crippen LogP contribution in [0.5, 0.6) is 0 Å². The van der Waals surface area contributed by atoms with Crippen LogP contribution in [0.25, 0.3) is 16.7 Å². The zero-order valence-corrected chi connectivity index (χ0v) is 12.3. The number of rotatable bonds is 4. The first-order valence-electron chi connectivity index (χ1n) is 6.67. The van der Waals surface area contributed by atoms with E-state index in [-0.39, 0.29) is 0 Å². The van der Waals surface area contributed by atoms with Gasteiger partial charge in [0, 0.05) is 0 Å². The van der Waals surface area contributed by atoms with Crippen molar-refractivity contribution in [1.29, 1.82) is 0 Å². The standard InChI is InChI=1S/C14H11N7S/c1-2-6-11(7-3-1)21-14(16-17-19-21)22-10-20-13-9-5-4-8-12(13)15-18-20/h1-9H,10H2. The summed E-state index contributed by atoms with van der Waals surface area (Å²) in [5.74, 6) is 0.591. The molecular weight excluding hydrogens is 298 g/mol. The number of aromatic nitrogens is 7. The molecule has 0 atom stereocenters. The van der Waals surface area contributed by atoms with Crippen LogP contribution < -0.4 is 0 Å². The van der Waals surface area contributed by atoms with Crippen molar-refractivity contribution in [3.63, 3.8) is 0 Å². The van der Waals surface area contributed by atoms with Crippen LogP contribution in [0.2, 0.25) is 0 Å². The molecule has 0 bridgehead atoms. The molecule has 0 fully saturated rings. The molecule has 2 heterocycles. The van der Waals surface area contributed by atoms with Crippen molar-refractivity contribution in [2.75, 3.05) is 0 Å². The van der Waals surface area contributed by atoms with Crippen molar-refractivity contribution in [3.8, 4) is 5.69 Å². The van der Waals surface area contributed by atoms with Crippen molar-refractivity contribution in [2.24, 2.45) is 0 Å². The molecule has 2 aromatic heterocycles. The van der Waals surface area contributed by atoms with Crippen LogP contribution in [0.15, 0.2) is 59.8 Å². The Labute approximate surface area is 129 Å². The van der Waals surface area contributed by atoms with E-state index in [0.717, 1.165) is 16.7 Å². The van der Waals surface area contributed by atoms with Crippen LogP contribution in [-0.2, 0) is 5.88 Å². The molecular formula is C14H11N7S. The number of hydrogen-bond donors (Lipinski definition) is 0. The Kier molecular flexibility index (Phi) is 3.28. The lowest BCUT2D eigenvalue weighted by Crippen LogP contribution is -2.01. The van der Waals surface area contributed by atoms with E-state index in [4.69, 9.17) is 0 Å². The lowest BCUT2D eigenvalue weighted by Gasteiger charge is -2.04. The molecule has 0 N–H and O–H groups in total. The first kappa shape index (κ1) is 13.0. The number of fused-ring (bicyclic) bond motifs is 1. The highest BCUT2D eigenvalue weighted by Crippen LogP contribution is 2.21. The van der Waals surface area contributed by atoms with Crippen LogP contribution in [0.4, 0.5) is 0 Å². The Morgan fingerprint density at radius 3 is 2.59 bits per heavy atom. The zero-order chi connectivity index (χ0) is 14.8. The summed E-state index contributed by atoms with van der Waals surface area (Å²) in [6, 6.07) is 17.7. The van der Waals surface area contributed by atoms with E-state index in [0.29, 0.717) is 11.0 Å². The quantitative estimate of drug-likeness (QED) is 0.538. The summed E-state index contributed by atoms with van der Waals surface area (Å²) >= 11 is 1.51. The predicted molar refractivity (Wildman–Crippen MR) is 82.5 cm³/mol. The van der Waals surface area contributed by atoms with Crippen molar-refractivity contribution >= 4 is 22.8 Å². The fourth-order valence-corrected chi connectivity index (χ4v) is 2.92. The lowest BCUT2D eigenvalue weighted by atomic mass is 10.3. The maximum atomic E-state index is 4.17. The number of hydrogen-bond acceptors (Lipinski definition) is 6. The second kappa shape index (κ2) is 5.57. The summed E-state index contributed by atoms with van der Waals surface area (Å²) < 4.78 is 3.55. The van der Waals surface area contributed by atoms with E-state index in [9.17, 15) is 0 Å². The molecule has 0 saturated heterocycles. The molecule has 4 rings (SSSR count). The third-order valence-electron chi connectivity index (χ3n) is 3.18. The second-order valence-corrected chi connectivity index (χ2v) is 5.47. The van der Waals surface area contributed by atoms with Gasteiger partial charge in [0.2, 0.25) is 5.16 Å². The molecule has 2 aromatic carbocycles. The number of nitrogens with zero attached hydrogens (tertiary/aromatic N) is 7. The van der Waals surface area contributed by atoms with Gasteiger partial charge in [-0.2, -0.15) is 4.68 Å². The Balaban J connectivity index is 1.59. The highest BCUT2D eigenvalue weighted by molar-refractivity contribution is 7.98. The summed E-state index contributed by atoms with van der Waals surface area (Å²) in [5.41, 5.74) is 2.80. The van der Waals surface area contributed by atoms with Gasteiger partial charge < -0.3 is 0 Å². The molecule has 0 aliphatic heterocycles. The number of para-hydroxylation sites is 2. The van der Waals surface area contributed by atoms with Gasteiger partial charge in [-0.1, -0.05) is 47.3 Å². The molecule has 0 spiro atoms. The first-order chi connectivity index (χ1) is 10.9. The molecule has 8 heteroatoms. The topological polar surface area (TPSA) is 74.3 Å². The van der Waals surface area contributed by atoms with E-state index >= 15 is 0 Å². The average molecular weight is 309 g/mol. The van der Waals surface area contributed by atoms with Gasteiger partial charge in [0.05, 0.1) is 17.1 Å². The zero-order valence-electron chi connectivity index (χ0n) is 11.4. The van der Waals surface area contributed by atoms with Crippen LogP contribution in [0.3, 0.4) is 0 Å². The Hall–Kier alpha value is -2.74. The molecule has 0 amide bonds. The van der Waals surface area contributed by atoms with E-state index in [1.54, 1.807) is 4.68 Å². The Morgan fingerprint density at radius 1 is 0.864 bits per heavy atom. The molecule has 4 aromatic rings. The number of benzene rings is 2. The van der Waals surface area contributed by atoms with Gasteiger partial charge in [0.15, 0.2) is 0 Å². The maximum absolute atomic E-state index is 4.17. The SMILES string of the molecule is c1ccc(-n2nnnc2SCn2nnc3ccccc32)cc1. The summed E-state index contributed by atoms with van der Waals surface area (Å²) in [5, 5.41) is 20.9. The smallest absolute Gasteiger partial charge is 0.215 e. The van der Waals surface area contributed by atoms with Gasteiger partial charge in [-0.3, -0.25) is 0 Å². The first-order valence-corrected chi connectivity index (χ1v) is 7.65. The molecule has 0 aliphatic carbocycles. The third-order valence-corrected chi connectivity index (χ3v) is 4.06. The summed E-state index contributed by atoms with van der Waals surface area (Å²) in [6.45, 7) is 0. The van der Waals surface area contributed by atoms with E-state index in [1.807, 2.05) is 59.3 Å². The van der Waals surface area contributed by atoms with Crippen molar-refractivity contribution in [3.05, 3.63) is 54.6 Å². The van der Waals surface area contributed by atoms with Crippen LogP contribution >= 0.6 is 11.8 Å². The minimum atomic E-state index is 0.591. The average Bonchev–Trinajstić information content (AvgIpc) is 3.20. The van der Waals surface area contributed by atoms with Crippen molar-refractivity contribution < 1.29 is 0 Å². The lowest BCUT2D eigenvalue weighted by molar-refractivity contribution is 0.714. The van der Waals surface area contributed by atoms with Gasteiger partial charge in [0.25, 0.3) is 0 Å². The van der Waals surface area contributed by atoms with Gasteiger partial charge in [-0.15, -0.1) is 10.2 Å². The van der Waals surface area contributed by atoms with E-state index in [2.05, 4.69) is 25.8 Å². The normalized spacial score (nSPS) is 11.1. The minimum Gasteiger partial charge on any atom is -0.234 e.